The summed E-state index contributed by atoms with van der Waals surface area (Å²) in [6, 6.07) is 13.2. The molecule has 0 aliphatic rings. The first-order valence-corrected chi connectivity index (χ1v) is 11.0. The van der Waals surface area contributed by atoms with Gasteiger partial charge in [-0.15, -0.1) is 0 Å². The van der Waals surface area contributed by atoms with E-state index in [2.05, 4.69) is 6.92 Å². The van der Waals surface area contributed by atoms with Gasteiger partial charge in [-0.05, 0) is 76.7 Å². The molecule has 0 bridgehead atoms. The summed E-state index contributed by atoms with van der Waals surface area (Å²) in [6.45, 7) is 2.12. The van der Waals surface area contributed by atoms with Gasteiger partial charge in [0.25, 0.3) is 0 Å². The highest BCUT2D eigenvalue weighted by atomic mass is 19.2. The molecule has 0 N–H and O–H groups in total. The van der Waals surface area contributed by atoms with Gasteiger partial charge in [-0.3, -0.25) is 0 Å². The molecule has 0 saturated heterocycles. The maximum Gasteiger partial charge on any atom is 0.159 e. The molecule has 4 rings (SSSR count). The minimum absolute atomic E-state index is 0.0951. The summed E-state index contributed by atoms with van der Waals surface area (Å²) < 4.78 is 71.7. The van der Waals surface area contributed by atoms with Gasteiger partial charge in [0.15, 0.2) is 11.6 Å². The van der Waals surface area contributed by atoms with E-state index in [1.54, 1.807) is 12.1 Å². The number of hydrogen-bond acceptors (Lipinski definition) is 0. The van der Waals surface area contributed by atoms with Crippen molar-refractivity contribution in [3.8, 4) is 22.3 Å². The number of benzene rings is 4. The van der Waals surface area contributed by atoms with Gasteiger partial charge < -0.3 is 0 Å². The van der Waals surface area contributed by atoms with E-state index in [0.717, 1.165) is 61.9 Å². The highest BCUT2D eigenvalue weighted by Gasteiger charge is 2.17. The molecule has 0 radical (unpaired) electrons. The van der Waals surface area contributed by atoms with Gasteiger partial charge in [0.05, 0.1) is 5.56 Å². The highest BCUT2D eigenvalue weighted by Crippen LogP contribution is 2.34. The average molecular weight is 454 g/mol. The van der Waals surface area contributed by atoms with Crippen LogP contribution < -0.4 is 0 Å². The lowest BCUT2D eigenvalue weighted by Crippen LogP contribution is -1.95. The summed E-state index contributed by atoms with van der Waals surface area (Å²) >= 11 is 0. The molecule has 170 valence electrons. The highest BCUT2D eigenvalue weighted by molar-refractivity contribution is 5.88. The summed E-state index contributed by atoms with van der Waals surface area (Å²) in [6.07, 6.45) is 5.05. The minimum Gasteiger partial charge on any atom is -0.206 e. The lowest BCUT2D eigenvalue weighted by atomic mass is 9.96. The molecule has 5 heteroatoms. The second-order valence-electron chi connectivity index (χ2n) is 8.27. The number of fused-ring (bicyclic) bond motifs is 1. The van der Waals surface area contributed by atoms with Crippen LogP contribution in [0.1, 0.15) is 38.2 Å². The monoisotopic (exact) mass is 454 g/mol. The third-order valence-electron chi connectivity index (χ3n) is 5.87. The van der Waals surface area contributed by atoms with Crippen molar-refractivity contribution in [3.05, 3.63) is 95.3 Å². The first kappa shape index (κ1) is 23.0. The van der Waals surface area contributed by atoms with E-state index in [-0.39, 0.29) is 22.3 Å². The van der Waals surface area contributed by atoms with Crippen LogP contribution in [0.25, 0.3) is 33.0 Å². The smallest absolute Gasteiger partial charge is 0.159 e. The van der Waals surface area contributed by atoms with Crippen molar-refractivity contribution in [2.75, 3.05) is 0 Å². The number of unbranched alkanes of at least 4 members (excludes halogenated alkanes) is 3. The molecule has 0 unspecified atom stereocenters. The van der Waals surface area contributed by atoms with Gasteiger partial charge in [0.2, 0.25) is 0 Å². The Kier molecular flexibility index (Phi) is 6.77. The molecule has 0 heterocycles. The lowest BCUT2D eigenvalue weighted by Gasteiger charge is -2.11. The Labute approximate surface area is 189 Å². The number of rotatable bonds is 7. The van der Waals surface area contributed by atoms with Crippen LogP contribution >= 0.6 is 0 Å². The maximum absolute atomic E-state index is 15.0. The topological polar surface area (TPSA) is 0 Å². The summed E-state index contributed by atoms with van der Waals surface area (Å²) in [5, 5.41) is 0.724. The number of hydrogen-bond donors (Lipinski definition) is 0. The van der Waals surface area contributed by atoms with E-state index in [9.17, 15) is 22.0 Å². The quantitative estimate of drug-likeness (QED) is 0.193. The van der Waals surface area contributed by atoms with Crippen molar-refractivity contribution in [2.45, 2.75) is 39.0 Å². The summed E-state index contributed by atoms with van der Waals surface area (Å²) in [5.74, 6) is -4.30. The Balaban J connectivity index is 1.65. The fourth-order valence-electron chi connectivity index (χ4n) is 4.11. The van der Waals surface area contributed by atoms with Gasteiger partial charge in [-0.2, -0.15) is 0 Å². The molecule has 0 amide bonds. The lowest BCUT2D eigenvalue weighted by molar-refractivity contribution is 0.511. The fourth-order valence-corrected chi connectivity index (χ4v) is 4.11. The van der Waals surface area contributed by atoms with E-state index in [1.165, 1.54) is 24.3 Å². The Morgan fingerprint density at radius 1 is 0.545 bits per heavy atom. The van der Waals surface area contributed by atoms with Crippen LogP contribution in [-0.2, 0) is 6.42 Å². The van der Waals surface area contributed by atoms with E-state index < -0.39 is 29.1 Å². The maximum atomic E-state index is 15.0. The molecule has 4 aromatic carbocycles. The first-order valence-electron chi connectivity index (χ1n) is 11.0. The molecule has 0 fully saturated rings. The van der Waals surface area contributed by atoms with Crippen molar-refractivity contribution in [2.24, 2.45) is 0 Å². The molecular weight excluding hydrogens is 431 g/mol. The summed E-state index contributed by atoms with van der Waals surface area (Å²) in [4.78, 5) is 0. The molecule has 0 nitrogen and oxygen atoms in total. The van der Waals surface area contributed by atoms with Crippen LogP contribution in [0.15, 0.2) is 60.7 Å². The zero-order chi connectivity index (χ0) is 23.5. The predicted octanol–water partition coefficient (Wildman–Crippen LogP) is 8.99. The molecule has 0 aromatic heterocycles. The zero-order valence-electron chi connectivity index (χ0n) is 18.2. The van der Waals surface area contributed by atoms with Gasteiger partial charge >= 0.3 is 0 Å². The molecule has 0 aliphatic carbocycles. The van der Waals surface area contributed by atoms with Crippen molar-refractivity contribution in [3.63, 3.8) is 0 Å². The third-order valence-corrected chi connectivity index (χ3v) is 5.87. The van der Waals surface area contributed by atoms with Crippen LogP contribution in [-0.4, -0.2) is 0 Å². The SMILES string of the molecule is CCCCCCc1ccc(-c2cc(F)c(-c3ccc4cc(F)c(F)cc4c3)c(F)c2)c(F)c1. The predicted molar refractivity (Wildman–Crippen MR) is 122 cm³/mol. The van der Waals surface area contributed by atoms with Gasteiger partial charge in [0.1, 0.15) is 17.5 Å². The molecule has 0 atom stereocenters. The van der Waals surface area contributed by atoms with Crippen molar-refractivity contribution in [1.82, 2.24) is 0 Å². The minimum atomic E-state index is -1.04. The first-order chi connectivity index (χ1) is 15.9. The molecule has 33 heavy (non-hydrogen) atoms. The summed E-state index contributed by atoms with van der Waals surface area (Å²) in [7, 11) is 0. The van der Waals surface area contributed by atoms with Gasteiger partial charge in [-0.25, -0.2) is 22.0 Å². The normalized spacial score (nSPS) is 11.3. The molecule has 0 saturated carbocycles. The van der Waals surface area contributed by atoms with Crippen molar-refractivity contribution in [1.29, 1.82) is 0 Å². The zero-order valence-corrected chi connectivity index (χ0v) is 18.2. The standard InChI is InChI=1S/C28H23F5/c1-2-3-4-5-6-17-7-10-22(23(29)11-17)21-15-26(32)28(27(33)16-21)19-9-8-18-13-24(30)25(31)14-20(18)12-19/h7-16H,2-6H2,1H3. The molecule has 4 aromatic rings. The largest absolute Gasteiger partial charge is 0.206 e. The fraction of sp³-hybridized carbons (Fsp3) is 0.214. The number of aryl methyl sites for hydroxylation is 1. The molecule has 0 aliphatic heterocycles. The van der Waals surface area contributed by atoms with Crippen molar-refractivity contribution >= 4 is 10.8 Å². The van der Waals surface area contributed by atoms with Crippen LogP contribution in [0.5, 0.6) is 0 Å². The van der Waals surface area contributed by atoms with Crippen LogP contribution in [0.2, 0.25) is 0 Å². The second kappa shape index (κ2) is 9.74. The molecular formula is C28H23F5. The Morgan fingerprint density at radius 3 is 1.91 bits per heavy atom. The number of halogens is 5. The Bertz CT molecular complexity index is 1290. The van der Waals surface area contributed by atoms with Crippen LogP contribution in [0, 0.1) is 29.1 Å². The Morgan fingerprint density at radius 2 is 1.24 bits per heavy atom. The second-order valence-corrected chi connectivity index (χ2v) is 8.27. The van der Waals surface area contributed by atoms with E-state index in [1.807, 2.05) is 0 Å². The van der Waals surface area contributed by atoms with Crippen molar-refractivity contribution < 1.29 is 22.0 Å². The summed E-state index contributed by atoms with van der Waals surface area (Å²) in [5.41, 5.74) is 0.937. The van der Waals surface area contributed by atoms with Crippen LogP contribution in [0.3, 0.4) is 0 Å². The van der Waals surface area contributed by atoms with Gasteiger partial charge in [-0.1, -0.05) is 50.5 Å². The third kappa shape index (κ3) is 4.92. The molecule has 0 spiro atoms. The van der Waals surface area contributed by atoms with E-state index >= 15 is 0 Å². The Hall–Kier alpha value is -3.21. The van der Waals surface area contributed by atoms with E-state index in [0.29, 0.717) is 10.8 Å². The van der Waals surface area contributed by atoms with Crippen LogP contribution in [0.4, 0.5) is 22.0 Å². The average Bonchev–Trinajstić information content (AvgIpc) is 2.77. The van der Waals surface area contributed by atoms with Gasteiger partial charge in [0, 0.05) is 5.56 Å². The van der Waals surface area contributed by atoms with E-state index in [4.69, 9.17) is 0 Å².